The molecule has 17 heavy (non-hydrogen) atoms. The molecule has 0 fully saturated rings. The van der Waals surface area contributed by atoms with E-state index in [0.29, 0.717) is 16.6 Å². The normalized spacial score (nSPS) is 10.8. The lowest BCUT2D eigenvalue weighted by Gasteiger charge is -2.00. The molecule has 0 aliphatic heterocycles. The fourth-order valence-electron chi connectivity index (χ4n) is 1.52. The molecule has 0 saturated carbocycles. The molecule has 1 heterocycles. The van der Waals surface area contributed by atoms with Crippen LogP contribution in [0.4, 0.5) is 0 Å². The van der Waals surface area contributed by atoms with E-state index < -0.39 is 0 Å². The Bertz CT molecular complexity index is 511. The number of hydrogen-bond acceptors (Lipinski definition) is 3. The second-order valence-corrected chi connectivity index (χ2v) is 5.45. The maximum Gasteiger partial charge on any atom is 0.0972 e. The third-order valence-corrected chi connectivity index (χ3v) is 3.98. The largest absolute Gasteiger partial charge is 0.330 e. The molecule has 0 amide bonds. The van der Waals surface area contributed by atoms with Crippen molar-refractivity contribution in [2.75, 3.05) is 6.54 Å². The molecular formula is C12H12Cl2N2S. The number of nitrogens with zero attached hydrogens (tertiary/aromatic N) is 1. The van der Waals surface area contributed by atoms with Crippen LogP contribution >= 0.6 is 34.5 Å². The van der Waals surface area contributed by atoms with Gasteiger partial charge in [-0.25, -0.2) is 4.98 Å². The molecular weight excluding hydrogens is 275 g/mol. The summed E-state index contributed by atoms with van der Waals surface area (Å²) in [6.07, 6.45) is 1.62. The summed E-state index contributed by atoms with van der Waals surface area (Å²) >= 11 is 13.5. The third-order valence-electron chi connectivity index (χ3n) is 2.34. The minimum Gasteiger partial charge on any atom is -0.330 e. The molecule has 0 unspecified atom stereocenters. The van der Waals surface area contributed by atoms with Crippen molar-refractivity contribution in [2.24, 2.45) is 5.73 Å². The summed E-state index contributed by atoms with van der Waals surface area (Å²) in [7, 11) is 0. The highest BCUT2D eigenvalue weighted by Crippen LogP contribution is 2.24. The summed E-state index contributed by atoms with van der Waals surface area (Å²) in [4.78, 5) is 4.51. The number of rotatable bonds is 4. The van der Waals surface area contributed by atoms with Gasteiger partial charge in [0.1, 0.15) is 0 Å². The Hall–Kier alpha value is -0.610. The standard InChI is InChI=1S/C12H12Cl2N2S/c13-10-2-1-8(5-11(10)14)6-12-16-9(3-4-15)7-17-12/h1-2,5,7H,3-4,6,15H2. The van der Waals surface area contributed by atoms with Gasteiger partial charge in [-0.2, -0.15) is 0 Å². The van der Waals surface area contributed by atoms with Crippen LogP contribution in [-0.4, -0.2) is 11.5 Å². The fourth-order valence-corrected chi connectivity index (χ4v) is 2.70. The van der Waals surface area contributed by atoms with Gasteiger partial charge in [0.15, 0.2) is 0 Å². The Labute approximate surface area is 114 Å². The van der Waals surface area contributed by atoms with Gasteiger partial charge in [-0.15, -0.1) is 11.3 Å². The van der Waals surface area contributed by atoms with Crippen LogP contribution in [0.3, 0.4) is 0 Å². The highest BCUT2D eigenvalue weighted by atomic mass is 35.5. The van der Waals surface area contributed by atoms with Crippen molar-refractivity contribution in [1.82, 2.24) is 4.98 Å². The molecule has 0 radical (unpaired) electrons. The Morgan fingerprint density at radius 1 is 1.24 bits per heavy atom. The van der Waals surface area contributed by atoms with Crippen LogP contribution in [0, 0.1) is 0 Å². The molecule has 0 aliphatic rings. The SMILES string of the molecule is NCCc1csc(Cc2ccc(Cl)c(Cl)c2)n1. The fraction of sp³-hybridized carbons (Fsp3) is 0.250. The molecule has 90 valence electrons. The minimum absolute atomic E-state index is 0.582. The Kier molecular flexibility index (Phi) is 4.40. The van der Waals surface area contributed by atoms with Gasteiger partial charge in [-0.1, -0.05) is 29.3 Å². The van der Waals surface area contributed by atoms with Crippen LogP contribution in [0.25, 0.3) is 0 Å². The first-order chi connectivity index (χ1) is 8.19. The van der Waals surface area contributed by atoms with E-state index in [1.54, 1.807) is 11.3 Å². The van der Waals surface area contributed by atoms with Gasteiger partial charge in [0.2, 0.25) is 0 Å². The Morgan fingerprint density at radius 2 is 2.06 bits per heavy atom. The number of hydrogen-bond donors (Lipinski definition) is 1. The van der Waals surface area contributed by atoms with Crippen molar-refractivity contribution >= 4 is 34.5 Å². The van der Waals surface area contributed by atoms with Crippen molar-refractivity contribution < 1.29 is 0 Å². The zero-order valence-electron chi connectivity index (χ0n) is 9.12. The van der Waals surface area contributed by atoms with Crippen molar-refractivity contribution in [3.05, 3.63) is 49.9 Å². The second-order valence-electron chi connectivity index (χ2n) is 3.70. The maximum absolute atomic E-state index is 5.97. The highest BCUT2D eigenvalue weighted by molar-refractivity contribution is 7.09. The van der Waals surface area contributed by atoms with E-state index in [0.717, 1.165) is 29.1 Å². The van der Waals surface area contributed by atoms with Crippen LogP contribution in [0.5, 0.6) is 0 Å². The van der Waals surface area contributed by atoms with Crippen LogP contribution in [0.1, 0.15) is 16.3 Å². The van der Waals surface area contributed by atoms with Crippen molar-refractivity contribution in [3.8, 4) is 0 Å². The average molecular weight is 287 g/mol. The first-order valence-electron chi connectivity index (χ1n) is 5.26. The number of nitrogens with two attached hydrogens (primary N) is 1. The monoisotopic (exact) mass is 286 g/mol. The van der Waals surface area contributed by atoms with Gasteiger partial charge in [0.25, 0.3) is 0 Å². The average Bonchev–Trinajstić information content (AvgIpc) is 2.72. The molecule has 2 rings (SSSR count). The predicted octanol–water partition coefficient (Wildman–Crippen LogP) is 3.54. The molecule has 0 aliphatic carbocycles. The molecule has 5 heteroatoms. The molecule has 1 aromatic heterocycles. The van der Waals surface area contributed by atoms with E-state index in [-0.39, 0.29) is 0 Å². The quantitative estimate of drug-likeness (QED) is 0.934. The molecule has 0 atom stereocenters. The van der Waals surface area contributed by atoms with E-state index in [2.05, 4.69) is 10.4 Å². The second kappa shape index (κ2) is 5.83. The van der Waals surface area contributed by atoms with E-state index in [1.165, 1.54) is 0 Å². The van der Waals surface area contributed by atoms with Gasteiger partial charge < -0.3 is 5.73 Å². The van der Waals surface area contributed by atoms with E-state index >= 15 is 0 Å². The Morgan fingerprint density at radius 3 is 2.76 bits per heavy atom. The number of aromatic nitrogens is 1. The summed E-state index contributed by atoms with van der Waals surface area (Å²) in [6, 6.07) is 5.67. The molecule has 0 saturated heterocycles. The number of benzene rings is 1. The zero-order chi connectivity index (χ0) is 12.3. The van der Waals surface area contributed by atoms with E-state index in [4.69, 9.17) is 28.9 Å². The molecule has 2 N–H and O–H groups in total. The van der Waals surface area contributed by atoms with Crippen LogP contribution in [-0.2, 0) is 12.8 Å². The number of halogens is 2. The minimum atomic E-state index is 0.582. The lowest BCUT2D eigenvalue weighted by atomic mass is 10.1. The van der Waals surface area contributed by atoms with E-state index in [9.17, 15) is 0 Å². The summed E-state index contributed by atoms with van der Waals surface area (Å²) in [5, 5.41) is 4.30. The topological polar surface area (TPSA) is 38.9 Å². The first-order valence-corrected chi connectivity index (χ1v) is 6.90. The number of thiazole rings is 1. The maximum atomic E-state index is 5.97. The highest BCUT2D eigenvalue weighted by Gasteiger charge is 2.05. The smallest absolute Gasteiger partial charge is 0.0972 e. The predicted molar refractivity (Wildman–Crippen MR) is 74.1 cm³/mol. The third kappa shape index (κ3) is 3.42. The molecule has 2 aromatic rings. The summed E-state index contributed by atoms with van der Waals surface area (Å²) in [5.41, 5.74) is 7.67. The Balaban J connectivity index is 2.11. The first kappa shape index (κ1) is 12.8. The van der Waals surface area contributed by atoms with Crippen molar-refractivity contribution in [2.45, 2.75) is 12.8 Å². The lowest BCUT2D eigenvalue weighted by Crippen LogP contribution is -2.02. The molecule has 0 bridgehead atoms. The van der Waals surface area contributed by atoms with E-state index in [1.807, 2.05) is 18.2 Å². The summed E-state index contributed by atoms with van der Waals surface area (Å²) < 4.78 is 0. The van der Waals surface area contributed by atoms with Gasteiger partial charge in [0, 0.05) is 18.2 Å². The van der Waals surface area contributed by atoms with Gasteiger partial charge in [-0.05, 0) is 24.2 Å². The summed E-state index contributed by atoms with van der Waals surface area (Å²) in [6.45, 7) is 0.635. The van der Waals surface area contributed by atoms with Crippen LogP contribution in [0.15, 0.2) is 23.6 Å². The van der Waals surface area contributed by atoms with Crippen molar-refractivity contribution in [1.29, 1.82) is 0 Å². The van der Waals surface area contributed by atoms with Crippen LogP contribution < -0.4 is 5.73 Å². The van der Waals surface area contributed by atoms with Gasteiger partial charge >= 0.3 is 0 Å². The molecule has 1 aromatic carbocycles. The van der Waals surface area contributed by atoms with Crippen LogP contribution in [0.2, 0.25) is 10.0 Å². The van der Waals surface area contributed by atoms with Crippen molar-refractivity contribution in [3.63, 3.8) is 0 Å². The molecule has 2 nitrogen and oxygen atoms in total. The summed E-state index contributed by atoms with van der Waals surface area (Å²) in [5.74, 6) is 0. The lowest BCUT2D eigenvalue weighted by molar-refractivity contribution is 0.922. The molecule has 0 spiro atoms. The zero-order valence-corrected chi connectivity index (χ0v) is 11.4. The van der Waals surface area contributed by atoms with Gasteiger partial charge in [0.05, 0.1) is 20.7 Å². The van der Waals surface area contributed by atoms with Gasteiger partial charge in [-0.3, -0.25) is 0 Å².